The van der Waals surface area contributed by atoms with Crippen LogP contribution in [0.2, 0.25) is 0 Å². The minimum atomic E-state index is 0.699. The molecule has 16 heavy (non-hydrogen) atoms. The van der Waals surface area contributed by atoms with Crippen LogP contribution in [0.5, 0.6) is 0 Å². The van der Waals surface area contributed by atoms with E-state index < -0.39 is 0 Å². The predicted molar refractivity (Wildman–Crippen MR) is 70.3 cm³/mol. The van der Waals surface area contributed by atoms with Gasteiger partial charge in [-0.2, -0.15) is 0 Å². The SMILES string of the molecule is CCCN(CCN)CCN(CCN)CCN. The zero-order chi connectivity index (χ0) is 12.2. The van der Waals surface area contributed by atoms with Crippen molar-refractivity contribution in [1.82, 2.24) is 9.80 Å². The molecule has 0 radical (unpaired) electrons. The Hall–Kier alpha value is -0.200. The van der Waals surface area contributed by atoms with Gasteiger partial charge in [-0.1, -0.05) is 6.92 Å². The van der Waals surface area contributed by atoms with Gasteiger partial charge in [0, 0.05) is 52.4 Å². The fourth-order valence-electron chi connectivity index (χ4n) is 1.82. The Bertz CT molecular complexity index is 114. The molecular weight excluding hydrogens is 202 g/mol. The zero-order valence-electron chi connectivity index (χ0n) is 10.7. The van der Waals surface area contributed by atoms with Crippen LogP contribution in [0, 0.1) is 0 Å². The highest BCUT2D eigenvalue weighted by Gasteiger charge is 2.06. The monoisotopic (exact) mass is 231 g/mol. The summed E-state index contributed by atoms with van der Waals surface area (Å²) in [5, 5.41) is 0. The topological polar surface area (TPSA) is 84.5 Å². The third-order valence-electron chi connectivity index (χ3n) is 2.61. The maximum atomic E-state index is 5.59. The second-order valence-electron chi connectivity index (χ2n) is 4.05. The molecule has 0 atom stereocenters. The second-order valence-corrected chi connectivity index (χ2v) is 4.05. The smallest absolute Gasteiger partial charge is 0.0110 e. The van der Waals surface area contributed by atoms with Gasteiger partial charge < -0.3 is 22.1 Å². The summed E-state index contributed by atoms with van der Waals surface area (Å²) in [5.41, 5.74) is 16.7. The van der Waals surface area contributed by atoms with E-state index in [4.69, 9.17) is 17.2 Å². The van der Waals surface area contributed by atoms with E-state index in [0.29, 0.717) is 13.1 Å². The molecule has 0 rings (SSSR count). The van der Waals surface area contributed by atoms with Gasteiger partial charge in [0.15, 0.2) is 0 Å². The number of rotatable bonds is 11. The third-order valence-corrected chi connectivity index (χ3v) is 2.61. The van der Waals surface area contributed by atoms with E-state index in [1.165, 1.54) is 6.42 Å². The Kier molecular flexibility index (Phi) is 11.1. The molecule has 0 aromatic carbocycles. The van der Waals surface area contributed by atoms with Crippen molar-refractivity contribution in [3.05, 3.63) is 0 Å². The molecule has 0 saturated heterocycles. The molecule has 5 heteroatoms. The van der Waals surface area contributed by atoms with Crippen LogP contribution in [-0.4, -0.2) is 68.7 Å². The largest absolute Gasteiger partial charge is 0.329 e. The summed E-state index contributed by atoms with van der Waals surface area (Å²) in [6.45, 7) is 10.4. The first-order chi connectivity index (χ1) is 7.78. The van der Waals surface area contributed by atoms with Gasteiger partial charge in [-0.15, -0.1) is 0 Å². The lowest BCUT2D eigenvalue weighted by Crippen LogP contribution is -2.41. The predicted octanol–water partition coefficient (Wildman–Crippen LogP) is -1.12. The van der Waals surface area contributed by atoms with E-state index in [2.05, 4.69) is 16.7 Å². The molecule has 0 aromatic rings. The van der Waals surface area contributed by atoms with Gasteiger partial charge in [0.25, 0.3) is 0 Å². The summed E-state index contributed by atoms with van der Waals surface area (Å²) in [7, 11) is 0. The average molecular weight is 231 g/mol. The number of nitrogens with two attached hydrogens (primary N) is 3. The molecular formula is C11H29N5. The van der Waals surface area contributed by atoms with Gasteiger partial charge in [0.2, 0.25) is 0 Å². The standard InChI is InChI=1S/C11H29N5/c1-2-6-15(7-3-12)10-11-16(8-4-13)9-5-14/h2-14H2,1H3. The van der Waals surface area contributed by atoms with Crippen molar-refractivity contribution in [3.63, 3.8) is 0 Å². The first-order valence-electron chi connectivity index (χ1n) is 6.33. The number of nitrogens with zero attached hydrogens (tertiary/aromatic N) is 2. The number of hydrogen-bond acceptors (Lipinski definition) is 5. The lowest BCUT2D eigenvalue weighted by molar-refractivity contribution is 0.212. The summed E-state index contributed by atoms with van der Waals surface area (Å²) >= 11 is 0. The van der Waals surface area contributed by atoms with Crippen molar-refractivity contribution >= 4 is 0 Å². The molecule has 0 heterocycles. The molecule has 0 aliphatic rings. The van der Waals surface area contributed by atoms with Crippen LogP contribution in [0.15, 0.2) is 0 Å². The Balaban J connectivity index is 3.83. The van der Waals surface area contributed by atoms with Crippen LogP contribution in [0.1, 0.15) is 13.3 Å². The Morgan fingerprint density at radius 1 is 0.625 bits per heavy atom. The fraction of sp³-hybridized carbons (Fsp3) is 1.00. The minimum absolute atomic E-state index is 0.699. The van der Waals surface area contributed by atoms with E-state index in [1.807, 2.05) is 0 Å². The quantitative estimate of drug-likeness (QED) is 0.419. The van der Waals surface area contributed by atoms with E-state index in [-0.39, 0.29) is 0 Å². The molecule has 0 aromatic heterocycles. The van der Waals surface area contributed by atoms with Crippen LogP contribution < -0.4 is 17.2 Å². The van der Waals surface area contributed by atoms with E-state index in [0.717, 1.165) is 45.8 Å². The van der Waals surface area contributed by atoms with Crippen LogP contribution in [0.4, 0.5) is 0 Å². The summed E-state index contributed by atoms with van der Waals surface area (Å²) in [6, 6.07) is 0. The molecule has 0 fully saturated rings. The molecule has 0 bridgehead atoms. The summed E-state index contributed by atoms with van der Waals surface area (Å²) in [4.78, 5) is 4.72. The van der Waals surface area contributed by atoms with Gasteiger partial charge in [0.05, 0.1) is 0 Å². The van der Waals surface area contributed by atoms with Gasteiger partial charge in [0.1, 0.15) is 0 Å². The highest BCUT2D eigenvalue weighted by atomic mass is 15.2. The van der Waals surface area contributed by atoms with Gasteiger partial charge >= 0.3 is 0 Å². The molecule has 0 aliphatic carbocycles. The summed E-state index contributed by atoms with van der Waals surface area (Å²) in [5.74, 6) is 0. The maximum Gasteiger partial charge on any atom is 0.0110 e. The Morgan fingerprint density at radius 3 is 1.31 bits per heavy atom. The molecule has 98 valence electrons. The molecule has 0 spiro atoms. The first-order valence-corrected chi connectivity index (χ1v) is 6.33. The van der Waals surface area contributed by atoms with Crippen molar-refractivity contribution in [2.45, 2.75) is 13.3 Å². The Labute approximate surface area is 99.9 Å². The highest BCUT2D eigenvalue weighted by molar-refractivity contribution is 4.64. The highest BCUT2D eigenvalue weighted by Crippen LogP contribution is 1.93. The molecule has 0 amide bonds. The van der Waals surface area contributed by atoms with Crippen molar-refractivity contribution < 1.29 is 0 Å². The molecule has 6 N–H and O–H groups in total. The molecule has 5 nitrogen and oxygen atoms in total. The second kappa shape index (κ2) is 11.3. The minimum Gasteiger partial charge on any atom is -0.329 e. The zero-order valence-corrected chi connectivity index (χ0v) is 10.7. The maximum absolute atomic E-state index is 5.59. The van der Waals surface area contributed by atoms with Crippen LogP contribution >= 0.6 is 0 Å². The van der Waals surface area contributed by atoms with Crippen molar-refractivity contribution in [1.29, 1.82) is 0 Å². The van der Waals surface area contributed by atoms with Crippen LogP contribution in [-0.2, 0) is 0 Å². The number of hydrogen-bond donors (Lipinski definition) is 3. The average Bonchev–Trinajstić information content (AvgIpc) is 2.27. The summed E-state index contributed by atoms with van der Waals surface area (Å²) < 4.78 is 0. The lowest BCUT2D eigenvalue weighted by atomic mass is 10.3. The fourth-order valence-corrected chi connectivity index (χ4v) is 1.82. The Morgan fingerprint density at radius 2 is 1.00 bits per heavy atom. The van der Waals surface area contributed by atoms with Gasteiger partial charge in [-0.25, -0.2) is 0 Å². The van der Waals surface area contributed by atoms with E-state index >= 15 is 0 Å². The van der Waals surface area contributed by atoms with Crippen LogP contribution in [0.25, 0.3) is 0 Å². The first kappa shape index (κ1) is 15.8. The van der Waals surface area contributed by atoms with Gasteiger partial charge in [-0.05, 0) is 13.0 Å². The normalized spacial score (nSPS) is 11.6. The molecule has 0 aliphatic heterocycles. The third kappa shape index (κ3) is 8.01. The molecule has 0 saturated carbocycles. The van der Waals surface area contributed by atoms with Gasteiger partial charge in [-0.3, -0.25) is 4.90 Å². The van der Waals surface area contributed by atoms with E-state index in [9.17, 15) is 0 Å². The van der Waals surface area contributed by atoms with Crippen molar-refractivity contribution in [3.8, 4) is 0 Å². The van der Waals surface area contributed by atoms with E-state index in [1.54, 1.807) is 0 Å². The van der Waals surface area contributed by atoms with Crippen molar-refractivity contribution in [2.75, 3.05) is 58.9 Å². The van der Waals surface area contributed by atoms with Crippen LogP contribution in [0.3, 0.4) is 0 Å². The summed E-state index contributed by atoms with van der Waals surface area (Å²) in [6.07, 6.45) is 1.17. The lowest BCUT2D eigenvalue weighted by Gasteiger charge is -2.26. The molecule has 0 unspecified atom stereocenters. The van der Waals surface area contributed by atoms with Crippen molar-refractivity contribution in [2.24, 2.45) is 17.2 Å².